The number of carboxylic acid groups (broad SMARTS) is 1. The van der Waals surface area contributed by atoms with E-state index in [1.54, 1.807) is 20.8 Å². The van der Waals surface area contributed by atoms with Crippen molar-refractivity contribution in [1.82, 2.24) is 15.3 Å². The van der Waals surface area contributed by atoms with Gasteiger partial charge < -0.3 is 9.84 Å². The van der Waals surface area contributed by atoms with Crippen molar-refractivity contribution in [2.24, 2.45) is 0 Å². The number of carbonyl (C=O) groups is 2. The van der Waals surface area contributed by atoms with E-state index in [0.717, 1.165) is 23.2 Å². The maximum Gasteiger partial charge on any atom is 0.416 e. The molecule has 2 heterocycles. The van der Waals surface area contributed by atoms with Crippen molar-refractivity contribution in [3.63, 3.8) is 0 Å². The van der Waals surface area contributed by atoms with Crippen LogP contribution in [0, 0.1) is 0 Å². The first kappa shape index (κ1) is 30.5. The van der Waals surface area contributed by atoms with Gasteiger partial charge in [0.2, 0.25) is 9.84 Å². The maximum absolute atomic E-state index is 13.6. The lowest BCUT2D eigenvalue weighted by Gasteiger charge is -2.26. The first-order valence-electron chi connectivity index (χ1n) is 11.8. The third kappa shape index (κ3) is 7.99. The van der Waals surface area contributed by atoms with Gasteiger partial charge in [-0.3, -0.25) is 20.0 Å². The van der Waals surface area contributed by atoms with E-state index >= 15 is 0 Å². The minimum absolute atomic E-state index is 0.104. The SMILES string of the molecule is CC(C)(C)OC(=O)N(CC(=O)O)c1cccc(C(NCc2ccc(C(F)(F)F)cc2)S(=O)(=O)c2cccnc2)n1. The van der Waals surface area contributed by atoms with Gasteiger partial charge in [0.05, 0.1) is 16.2 Å². The van der Waals surface area contributed by atoms with Gasteiger partial charge in [0.1, 0.15) is 18.0 Å². The highest BCUT2D eigenvalue weighted by Gasteiger charge is 2.33. The van der Waals surface area contributed by atoms with Gasteiger partial charge in [0.15, 0.2) is 5.37 Å². The van der Waals surface area contributed by atoms with E-state index in [-0.39, 0.29) is 23.0 Å². The van der Waals surface area contributed by atoms with Gasteiger partial charge in [-0.25, -0.2) is 18.2 Å². The molecule has 0 aliphatic heterocycles. The van der Waals surface area contributed by atoms with Crippen LogP contribution in [0.4, 0.5) is 23.8 Å². The van der Waals surface area contributed by atoms with Crippen LogP contribution in [0.5, 0.6) is 0 Å². The van der Waals surface area contributed by atoms with Gasteiger partial charge >= 0.3 is 18.2 Å². The molecule has 0 aliphatic rings. The summed E-state index contributed by atoms with van der Waals surface area (Å²) in [5.74, 6) is -1.55. The molecule has 0 saturated carbocycles. The van der Waals surface area contributed by atoms with Crippen molar-refractivity contribution < 1.29 is 41.0 Å². The van der Waals surface area contributed by atoms with Gasteiger partial charge in [0.25, 0.3) is 0 Å². The molecule has 2 N–H and O–H groups in total. The van der Waals surface area contributed by atoms with Gasteiger partial charge in [-0.05, 0) is 62.7 Å². The molecule has 1 atom stereocenters. The Morgan fingerprint density at radius 3 is 2.27 bits per heavy atom. The topological polar surface area (TPSA) is 139 Å². The monoisotopic (exact) mass is 580 g/mol. The molecule has 0 aliphatic carbocycles. The Hall–Kier alpha value is -4.04. The number of nitrogens with one attached hydrogen (secondary N) is 1. The Labute approximate surface area is 228 Å². The number of carbonyl (C=O) groups excluding carboxylic acids is 1. The fourth-order valence-electron chi connectivity index (χ4n) is 3.47. The largest absolute Gasteiger partial charge is 0.480 e. The number of amides is 1. The van der Waals surface area contributed by atoms with Crippen LogP contribution in [-0.4, -0.2) is 47.7 Å². The number of alkyl halides is 3. The number of anilines is 1. The standard InChI is InChI=1S/C26H27F3N4O6S/c1-25(2,3)39-24(36)33(16-22(34)35)21-8-4-7-20(32-21)23(40(37,38)19-6-5-13-30-15-19)31-14-17-9-11-18(12-10-17)26(27,28)29/h4-13,15,23,31H,14,16H2,1-3H3,(H,34,35). The number of pyridine rings is 2. The van der Waals surface area contributed by atoms with Crippen molar-refractivity contribution in [3.05, 3.63) is 83.8 Å². The smallest absolute Gasteiger partial charge is 0.416 e. The summed E-state index contributed by atoms with van der Waals surface area (Å²) >= 11 is 0. The van der Waals surface area contributed by atoms with Crippen LogP contribution in [0.3, 0.4) is 0 Å². The predicted octanol–water partition coefficient (Wildman–Crippen LogP) is 4.58. The minimum Gasteiger partial charge on any atom is -0.480 e. The zero-order valence-corrected chi connectivity index (χ0v) is 22.5. The number of hydrogen-bond acceptors (Lipinski definition) is 8. The van der Waals surface area contributed by atoms with E-state index in [0.29, 0.717) is 5.56 Å². The lowest BCUT2D eigenvalue weighted by atomic mass is 10.1. The second kappa shape index (κ2) is 12.0. The molecule has 0 radical (unpaired) electrons. The summed E-state index contributed by atoms with van der Waals surface area (Å²) in [5, 5.41) is 10.6. The molecular weight excluding hydrogens is 553 g/mol. The van der Waals surface area contributed by atoms with E-state index in [2.05, 4.69) is 15.3 Å². The van der Waals surface area contributed by atoms with Crippen LogP contribution in [-0.2, 0) is 32.1 Å². The van der Waals surface area contributed by atoms with Gasteiger partial charge in [-0.1, -0.05) is 18.2 Å². The predicted molar refractivity (Wildman–Crippen MR) is 138 cm³/mol. The minimum atomic E-state index is -4.53. The Morgan fingerprint density at radius 1 is 1.05 bits per heavy atom. The number of nitrogens with zero attached hydrogens (tertiary/aromatic N) is 3. The summed E-state index contributed by atoms with van der Waals surface area (Å²) < 4.78 is 71.4. The maximum atomic E-state index is 13.6. The summed E-state index contributed by atoms with van der Waals surface area (Å²) in [5.41, 5.74) is -1.56. The molecule has 3 rings (SSSR count). The fraction of sp³-hybridized carbons (Fsp3) is 0.308. The van der Waals surface area contributed by atoms with E-state index in [9.17, 15) is 36.3 Å². The number of benzene rings is 1. The average molecular weight is 581 g/mol. The Balaban J connectivity index is 2.02. The highest BCUT2D eigenvalue weighted by molar-refractivity contribution is 7.91. The van der Waals surface area contributed by atoms with E-state index in [4.69, 9.17) is 4.74 Å². The van der Waals surface area contributed by atoms with E-state index in [1.807, 2.05) is 0 Å². The van der Waals surface area contributed by atoms with Crippen LogP contribution in [0.25, 0.3) is 0 Å². The zero-order valence-electron chi connectivity index (χ0n) is 21.7. The highest BCUT2D eigenvalue weighted by Crippen LogP contribution is 2.30. The number of carboxylic acids is 1. The molecule has 3 aromatic rings. The van der Waals surface area contributed by atoms with Crippen molar-refractivity contribution in [1.29, 1.82) is 0 Å². The summed E-state index contributed by atoms with van der Waals surface area (Å²) in [7, 11) is -4.24. The molecule has 0 bridgehead atoms. The Kier molecular flexibility index (Phi) is 9.15. The van der Waals surface area contributed by atoms with Gasteiger partial charge in [-0.15, -0.1) is 0 Å². The van der Waals surface area contributed by atoms with Crippen LogP contribution in [0.2, 0.25) is 0 Å². The molecule has 0 spiro atoms. The number of aliphatic carboxylic acids is 1. The normalized spacial score (nSPS) is 12.9. The first-order valence-corrected chi connectivity index (χ1v) is 13.4. The van der Waals surface area contributed by atoms with E-state index < -0.39 is 51.2 Å². The summed E-state index contributed by atoms with van der Waals surface area (Å²) in [4.78, 5) is 33.0. The highest BCUT2D eigenvalue weighted by atomic mass is 32.2. The lowest BCUT2D eigenvalue weighted by molar-refractivity contribution is -0.137. The molecular formula is C26H27F3N4O6S. The zero-order chi connectivity index (χ0) is 29.7. The number of sulfone groups is 1. The second-order valence-electron chi connectivity index (χ2n) is 9.57. The van der Waals surface area contributed by atoms with Crippen molar-refractivity contribution >= 4 is 27.7 Å². The van der Waals surface area contributed by atoms with Crippen molar-refractivity contribution in [3.8, 4) is 0 Å². The molecule has 214 valence electrons. The number of aromatic nitrogens is 2. The van der Waals surface area contributed by atoms with Crippen LogP contribution >= 0.6 is 0 Å². The van der Waals surface area contributed by atoms with Gasteiger partial charge in [-0.2, -0.15) is 13.2 Å². The molecule has 0 saturated heterocycles. The Bertz CT molecular complexity index is 1440. The molecule has 1 amide bonds. The Morgan fingerprint density at radius 2 is 1.73 bits per heavy atom. The average Bonchev–Trinajstić information content (AvgIpc) is 2.86. The lowest BCUT2D eigenvalue weighted by Crippen LogP contribution is -2.40. The molecule has 1 aromatic carbocycles. The molecule has 0 fully saturated rings. The number of hydrogen-bond donors (Lipinski definition) is 2. The summed E-state index contributed by atoms with van der Waals surface area (Å²) in [6.07, 6.45) is -3.03. The fourth-order valence-corrected chi connectivity index (χ4v) is 4.97. The van der Waals surface area contributed by atoms with Crippen molar-refractivity contribution in [2.75, 3.05) is 11.4 Å². The molecule has 2 aromatic heterocycles. The molecule has 1 unspecified atom stereocenters. The summed E-state index contributed by atoms with van der Waals surface area (Å²) in [6.45, 7) is 3.80. The number of ether oxygens (including phenoxy) is 1. The quantitative estimate of drug-likeness (QED) is 0.372. The third-order valence-electron chi connectivity index (χ3n) is 5.25. The molecule has 14 heteroatoms. The number of rotatable bonds is 9. The van der Waals surface area contributed by atoms with Crippen LogP contribution in [0.15, 0.2) is 71.9 Å². The van der Waals surface area contributed by atoms with Crippen LogP contribution < -0.4 is 10.2 Å². The van der Waals surface area contributed by atoms with Crippen LogP contribution in [0.1, 0.15) is 43.0 Å². The second-order valence-corrected chi connectivity index (χ2v) is 11.6. The first-order chi connectivity index (χ1) is 18.6. The van der Waals surface area contributed by atoms with Gasteiger partial charge in [0, 0.05) is 18.9 Å². The third-order valence-corrected chi connectivity index (χ3v) is 7.18. The number of halogens is 3. The summed E-state index contributed by atoms with van der Waals surface area (Å²) in [6, 6.07) is 11.0. The molecule has 40 heavy (non-hydrogen) atoms. The van der Waals surface area contributed by atoms with E-state index in [1.165, 1.54) is 48.7 Å². The molecule has 10 nitrogen and oxygen atoms in total. The van der Waals surface area contributed by atoms with Crippen molar-refractivity contribution in [2.45, 2.75) is 49.4 Å².